The highest BCUT2D eigenvalue weighted by Gasteiger charge is 2.16. The SMILES string of the molecule is Cc1ccc(Oc2ccc(Nc3ncnc4[nH]nc(OCCOS(C)(=O)=O)c34)cc2F)cn1. The monoisotopic (exact) mass is 474 g/mol. The van der Waals surface area contributed by atoms with Gasteiger partial charge in [-0.2, -0.15) is 8.42 Å². The number of pyridine rings is 1. The largest absolute Gasteiger partial charge is 0.474 e. The number of nitrogens with one attached hydrogen (secondary N) is 2. The molecule has 0 atom stereocenters. The number of hydrogen-bond donors (Lipinski definition) is 2. The number of H-pyrrole nitrogens is 1. The van der Waals surface area contributed by atoms with Crippen molar-refractivity contribution in [3.05, 3.63) is 54.4 Å². The molecule has 0 bridgehead atoms. The molecule has 11 nitrogen and oxygen atoms in total. The molecule has 3 heterocycles. The summed E-state index contributed by atoms with van der Waals surface area (Å²) in [4.78, 5) is 12.4. The Balaban J connectivity index is 1.50. The molecule has 0 aliphatic carbocycles. The lowest BCUT2D eigenvalue weighted by molar-refractivity contribution is 0.218. The van der Waals surface area contributed by atoms with Gasteiger partial charge in [0, 0.05) is 17.4 Å². The number of fused-ring (bicyclic) bond motifs is 1. The molecular weight excluding hydrogens is 455 g/mol. The molecule has 0 aliphatic rings. The quantitative estimate of drug-likeness (QED) is 0.274. The van der Waals surface area contributed by atoms with Crippen LogP contribution < -0.4 is 14.8 Å². The predicted molar refractivity (Wildman–Crippen MR) is 117 cm³/mol. The summed E-state index contributed by atoms with van der Waals surface area (Å²) in [7, 11) is -3.58. The average molecular weight is 474 g/mol. The summed E-state index contributed by atoms with van der Waals surface area (Å²) in [5.74, 6) is 0.309. The second kappa shape index (κ2) is 9.34. The summed E-state index contributed by atoms with van der Waals surface area (Å²) in [6.07, 6.45) is 3.76. The summed E-state index contributed by atoms with van der Waals surface area (Å²) in [5.41, 5.74) is 1.59. The van der Waals surface area contributed by atoms with E-state index in [2.05, 4.69) is 34.6 Å². The fourth-order valence-electron chi connectivity index (χ4n) is 2.80. The van der Waals surface area contributed by atoms with Gasteiger partial charge >= 0.3 is 0 Å². The molecule has 0 amide bonds. The fraction of sp³-hybridized carbons (Fsp3) is 0.200. The van der Waals surface area contributed by atoms with Crippen LogP contribution >= 0.6 is 0 Å². The van der Waals surface area contributed by atoms with Crippen LogP contribution in [0.3, 0.4) is 0 Å². The van der Waals surface area contributed by atoms with E-state index < -0.39 is 15.9 Å². The van der Waals surface area contributed by atoms with Gasteiger partial charge in [0.2, 0.25) is 5.88 Å². The molecule has 0 saturated carbocycles. The Labute approximate surface area is 188 Å². The number of rotatable bonds is 9. The van der Waals surface area contributed by atoms with Crippen molar-refractivity contribution in [2.24, 2.45) is 0 Å². The second-order valence-corrected chi connectivity index (χ2v) is 8.50. The maximum Gasteiger partial charge on any atom is 0.264 e. The molecule has 2 N–H and O–H groups in total. The Morgan fingerprint density at radius 1 is 1.12 bits per heavy atom. The van der Waals surface area contributed by atoms with Crippen molar-refractivity contribution >= 4 is 32.7 Å². The van der Waals surface area contributed by atoms with E-state index in [1.165, 1.54) is 24.7 Å². The van der Waals surface area contributed by atoms with Gasteiger partial charge in [0.15, 0.2) is 17.2 Å². The third kappa shape index (κ3) is 5.70. The molecular formula is C20H19FN6O5S. The van der Waals surface area contributed by atoms with E-state index in [-0.39, 0.29) is 24.8 Å². The molecule has 172 valence electrons. The van der Waals surface area contributed by atoms with E-state index >= 15 is 0 Å². The third-order valence-corrected chi connectivity index (χ3v) is 4.85. The minimum atomic E-state index is -3.58. The number of ether oxygens (including phenoxy) is 2. The predicted octanol–water partition coefficient (Wildman–Crippen LogP) is 3.09. The molecule has 1 aromatic carbocycles. The van der Waals surface area contributed by atoms with Crippen LogP contribution in [0.4, 0.5) is 15.9 Å². The van der Waals surface area contributed by atoms with Crippen LogP contribution in [0, 0.1) is 12.7 Å². The highest BCUT2D eigenvalue weighted by molar-refractivity contribution is 7.85. The fourth-order valence-corrected chi connectivity index (χ4v) is 3.17. The van der Waals surface area contributed by atoms with E-state index in [0.29, 0.717) is 28.3 Å². The van der Waals surface area contributed by atoms with Crippen molar-refractivity contribution in [1.82, 2.24) is 25.1 Å². The second-order valence-electron chi connectivity index (χ2n) is 6.86. The number of halogens is 1. The highest BCUT2D eigenvalue weighted by atomic mass is 32.2. The van der Waals surface area contributed by atoms with Gasteiger partial charge in [0.05, 0.1) is 12.5 Å². The smallest absolute Gasteiger partial charge is 0.264 e. The van der Waals surface area contributed by atoms with Gasteiger partial charge in [0.1, 0.15) is 36.5 Å². The zero-order valence-corrected chi connectivity index (χ0v) is 18.4. The average Bonchev–Trinajstić information content (AvgIpc) is 3.18. The Morgan fingerprint density at radius 3 is 2.70 bits per heavy atom. The van der Waals surface area contributed by atoms with E-state index in [9.17, 15) is 12.8 Å². The Hall–Kier alpha value is -3.84. The van der Waals surface area contributed by atoms with Crippen LogP contribution in [0.5, 0.6) is 17.4 Å². The summed E-state index contributed by atoms with van der Waals surface area (Å²) in [6.45, 7) is 1.58. The number of aryl methyl sites for hydroxylation is 1. The minimum Gasteiger partial charge on any atom is -0.474 e. The van der Waals surface area contributed by atoms with Gasteiger partial charge in [-0.15, -0.1) is 5.10 Å². The van der Waals surface area contributed by atoms with Crippen LogP contribution in [0.1, 0.15) is 5.69 Å². The molecule has 4 rings (SSSR count). The van der Waals surface area contributed by atoms with Crippen molar-refractivity contribution in [3.8, 4) is 17.4 Å². The maximum atomic E-state index is 14.6. The van der Waals surface area contributed by atoms with Gasteiger partial charge in [-0.25, -0.2) is 14.4 Å². The van der Waals surface area contributed by atoms with Gasteiger partial charge < -0.3 is 14.8 Å². The molecule has 4 aromatic rings. The summed E-state index contributed by atoms with van der Waals surface area (Å²) in [6, 6.07) is 7.82. The van der Waals surface area contributed by atoms with Crippen molar-refractivity contribution in [3.63, 3.8) is 0 Å². The lowest BCUT2D eigenvalue weighted by Gasteiger charge is -2.10. The number of hydrogen-bond acceptors (Lipinski definition) is 10. The maximum absolute atomic E-state index is 14.6. The molecule has 33 heavy (non-hydrogen) atoms. The van der Waals surface area contributed by atoms with Crippen LogP contribution in [0.25, 0.3) is 11.0 Å². The molecule has 13 heteroatoms. The zero-order valence-electron chi connectivity index (χ0n) is 17.6. The summed E-state index contributed by atoms with van der Waals surface area (Å²) >= 11 is 0. The Bertz CT molecular complexity index is 1380. The minimum absolute atomic E-state index is 0.0391. The Morgan fingerprint density at radius 2 is 1.97 bits per heavy atom. The van der Waals surface area contributed by atoms with Gasteiger partial charge in [-0.05, 0) is 31.2 Å². The van der Waals surface area contributed by atoms with Crippen molar-refractivity contribution in [2.45, 2.75) is 6.92 Å². The lowest BCUT2D eigenvalue weighted by atomic mass is 10.2. The molecule has 3 aromatic heterocycles. The first kappa shape index (κ1) is 22.4. The van der Waals surface area contributed by atoms with E-state index in [4.69, 9.17) is 9.47 Å². The number of anilines is 2. The lowest BCUT2D eigenvalue weighted by Crippen LogP contribution is -2.11. The molecule has 0 aliphatic heterocycles. The van der Waals surface area contributed by atoms with Crippen LogP contribution in [0.2, 0.25) is 0 Å². The first-order valence-electron chi connectivity index (χ1n) is 9.62. The topological polar surface area (TPSA) is 141 Å². The summed E-state index contributed by atoms with van der Waals surface area (Å²) in [5, 5.41) is 10.1. The van der Waals surface area contributed by atoms with Crippen molar-refractivity contribution < 1.29 is 26.5 Å². The summed E-state index contributed by atoms with van der Waals surface area (Å²) < 4.78 is 52.4. The number of nitrogens with zero attached hydrogens (tertiary/aromatic N) is 4. The van der Waals surface area contributed by atoms with Crippen LogP contribution in [-0.2, 0) is 14.3 Å². The standard InChI is InChI=1S/C20H19FN6O5S/c1-12-3-5-14(10-22-12)32-16-6-4-13(9-15(16)21)25-18-17-19(24-11-23-18)26-27-20(17)30-7-8-31-33(2,28)29/h3-6,9-11H,7-8H2,1-2H3,(H2,23,24,25,26,27). The van der Waals surface area contributed by atoms with Gasteiger partial charge in [-0.3, -0.25) is 14.3 Å². The molecule has 0 radical (unpaired) electrons. The van der Waals surface area contributed by atoms with Crippen molar-refractivity contribution in [1.29, 1.82) is 0 Å². The van der Waals surface area contributed by atoms with Gasteiger partial charge in [-0.1, -0.05) is 0 Å². The normalized spacial score (nSPS) is 11.5. The number of aromatic amines is 1. The number of aromatic nitrogens is 5. The highest BCUT2D eigenvalue weighted by Crippen LogP contribution is 2.31. The van der Waals surface area contributed by atoms with E-state index in [1.807, 2.05) is 6.92 Å². The van der Waals surface area contributed by atoms with E-state index in [1.54, 1.807) is 18.2 Å². The Kier molecular flexibility index (Phi) is 6.33. The zero-order chi connectivity index (χ0) is 23.4. The third-order valence-electron chi connectivity index (χ3n) is 4.25. The molecule has 0 saturated heterocycles. The first-order valence-corrected chi connectivity index (χ1v) is 11.4. The van der Waals surface area contributed by atoms with Crippen LogP contribution in [0.15, 0.2) is 42.9 Å². The van der Waals surface area contributed by atoms with Crippen molar-refractivity contribution in [2.75, 3.05) is 24.8 Å². The van der Waals surface area contributed by atoms with Crippen LogP contribution in [-0.4, -0.2) is 53.0 Å². The first-order chi connectivity index (χ1) is 15.8. The molecule has 0 fully saturated rings. The van der Waals surface area contributed by atoms with E-state index in [0.717, 1.165) is 11.9 Å². The van der Waals surface area contributed by atoms with Gasteiger partial charge in [0.25, 0.3) is 10.1 Å². The molecule has 0 unspecified atom stereocenters. The molecule has 0 spiro atoms. The number of benzene rings is 1.